The topological polar surface area (TPSA) is 118 Å². The summed E-state index contributed by atoms with van der Waals surface area (Å²) >= 11 is 0. The van der Waals surface area contributed by atoms with Crippen LogP contribution in [-0.2, 0) is 28.9 Å². The molecule has 0 atom stereocenters. The van der Waals surface area contributed by atoms with Crippen LogP contribution in [0.2, 0.25) is 0 Å². The highest BCUT2D eigenvalue weighted by atomic mass is 19.3. The lowest BCUT2D eigenvalue weighted by molar-refractivity contribution is -0.111. The average Bonchev–Trinajstić information content (AvgIpc) is 3.57. The minimum absolute atomic E-state index is 0.0660. The van der Waals surface area contributed by atoms with Crippen LogP contribution in [0, 0.1) is 11.2 Å². The number of likely N-dealkylation sites (tertiary alicyclic amines) is 1. The number of pyridine rings is 1. The maximum absolute atomic E-state index is 13.8. The Kier molecular flexibility index (Phi) is 11.3. The predicted octanol–water partition coefficient (Wildman–Crippen LogP) is 4.81. The highest BCUT2D eigenvalue weighted by molar-refractivity contribution is 5.53. The molecule has 1 N–H and O–H groups in total. The Morgan fingerprint density at radius 1 is 1.08 bits per heavy atom. The van der Waals surface area contributed by atoms with Crippen LogP contribution in [0.3, 0.4) is 0 Å². The molecule has 3 saturated heterocycles. The van der Waals surface area contributed by atoms with Crippen molar-refractivity contribution in [1.29, 1.82) is 0 Å². The number of alkyl halides is 2. The molecule has 0 bridgehead atoms. The second kappa shape index (κ2) is 16.1. The zero-order chi connectivity index (χ0) is 37.0. The maximum atomic E-state index is 13.8. The molecule has 2 spiro atoms. The van der Waals surface area contributed by atoms with Crippen LogP contribution < -0.4 is 19.7 Å². The molecule has 1 saturated carbocycles. The van der Waals surface area contributed by atoms with Crippen molar-refractivity contribution in [1.82, 2.24) is 35.3 Å². The Balaban J connectivity index is 0.000000672. The first kappa shape index (κ1) is 37.2. The van der Waals surface area contributed by atoms with E-state index in [0.717, 1.165) is 102 Å². The molecule has 286 valence electrons. The van der Waals surface area contributed by atoms with Crippen molar-refractivity contribution in [2.45, 2.75) is 89.5 Å². The molecule has 4 fully saturated rings. The Bertz CT molecular complexity index is 1710. The molecule has 4 aliphatic heterocycles. The molecule has 8 rings (SSSR count). The highest BCUT2D eigenvalue weighted by Gasteiger charge is 2.54. The molecule has 0 unspecified atom stereocenters. The van der Waals surface area contributed by atoms with E-state index in [1.165, 1.54) is 36.9 Å². The van der Waals surface area contributed by atoms with E-state index < -0.39 is 18.7 Å². The van der Waals surface area contributed by atoms with Crippen LogP contribution >= 0.6 is 0 Å². The molecule has 12 nitrogen and oxygen atoms in total. The summed E-state index contributed by atoms with van der Waals surface area (Å²) in [4.78, 5) is 25.7. The number of nitrogens with zero attached hydrogens (tertiary/aromatic N) is 7. The molecule has 1 amide bonds. The van der Waals surface area contributed by atoms with Crippen LogP contribution in [0.5, 0.6) is 17.4 Å². The third-order valence-electron chi connectivity index (χ3n) is 10.8. The second-order valence-corrected chi connectivity index (χ2v) is 15.4. The van der Waals surface area contributed by atoms with Gasteiger partial charge in [-0.15, -0.1) is 10.2 Å². The van der Waals surface area contributed by atoms with Gasteiger partial charge in [0.1, 0.15) is 29.7 Å². The first-order valence-electron chi connectivity index (χ1n) is 18.7. The van der Waals surface area contributed by atoms with Gasteiger partial charge in [-0.25, -0.2) is 18.2 Å². The summed E-state index contributed by atoms with van der Waals surface area (Å²) in [7, 11) is 0. The Labute approximate surface area is 308 Å². The van der Waals surface area contributed by atoms with E-state index in [2.05, 4.69) is 40.2 Å². The molecule has 1 aliphatic carbocycles. The first-order chi connectivity index (χ1) is 25.6. The van der Waals surface area contributed by atoms with E-state index in [9.17, 15) is 18.0 Å². The number of aromatic nitrogens is 4. The van der Waals surface area contributed by atoms with Crippen LogP contribution in [0.4, 0.5) is 19.0 Å². The molecule has 3 aromatic rings. The number of fused-ring (bicyclic) bond motifs is 1. The summed E-state index contributed by atoms with van der Waals surface area (Å²) < 4.78 is 58.4. The number of hydrogen-bond acceptors (Lipinski definition) is 11. The van der Waals surface area contributed by atoms with Gasteiger partial charge in [-0.3, -0.25) is 19.6 Å². The van der Waals surface area contributed by atoms with Crippen molar-refractivity contribution < 1.29 is 32.2 Å². The Morgan fingerprint density at radius 3 is 2.60 bits per heavy atom. The van der Waals surface area contributed by atoms with Gasteiger partial charge >= 0.3 is 0 Å². The van der Waals surface area contributed by atoms with Crippen molar-refractivity contribution in [3.05, 3.63) is 59.4 Å². The third kappa shape index (κ3) is 8.84. The van der Waals surface area contributed by atoms with Crippen LogP contribution in [0.25, 0.3) is 0 Å². The summed E-state index contributed by atoms with van der Waals surface area (Å²) in [6, 6.07) is 5.86. The molecule has 2 aromatic heterocycles. The van der Waals surface area contributed by atoms with Gasteiger partial charge in [0.05, 0.1) is 5.60 Å². The van der Waals surface area contributed by atoms with Gasteiger partial charge in [-0.2, -0.15) is 0 Å². The van der Waals surface area contributed by atoms with Gasteiger partial charge in [0.2, 0.25) is 12.8 Å². The van der Waals surface area contributed by atoms with Crippen molar-refractivity contribution >= 4 is 12.2 Å². The van der Waals surface area contributed by atoms with Gasteiger partial charge in [-0.05, 0) is 83.3 Å². The number of halogens is 3. The lowest BCUT2D eigenvalue weighted by atomic mass is 9.61. The number of carbonyl (C=O) groups is 1. The number of rotatable bonds is 13. The zero-order valence-corrected chi connectivity index (χ0v) is 30.5. The SMILES string of the molecule is CC(C)NC=O.Fc1ccc(Oc2nncnc2N2CC3(CC(Oc4ccnc5c4CN(CCCN4CC6(CCCO6)C4)CC5)C3)C2)c(CC(F)F)c1. The minimum atomic E-state index is -2.64. The summed E-state index contributed by atoms with van der Waals surface area (Å²) in [6.45, 7) is 12.5. The van der Waals surface area contributed by atoms with E-state index in [4.69, 9.17) is 14.2 Å². The van der Waals surface area contributed by atoms with Crippen molar-refractivity contribution in [3.8, 4) is 17.4 Å². The number of amides is 1. The van der Waals surface area contributed by atoms with Crippen LogP contribution in [-0.4, -0.2) is 113 Å². The molecule has 53 heavy (non-hydrogen) atoms. The van der Waals surface area contributed by atoms with Gasteiger partial charge < -0.3 is 24.4 Å². The summed E-state index contributed by atoms with van der Waals surface area (Å²) in [5.74, 6) is 1.07. The number of anilines is 1. The molecular formula is C38H49F3N8O4. The van der Waals surface area contributed by atoms with E-state index in [1.807, 2.05) is 26.1 Å². The Hall–Kier alpha value is -4.08. The van der Waals surface area contributed by atoms with Gasteiger partial charge in [0, 0.05) is 93.2 Å². The third-order valence-corrected chi connectivity index (χ3v) is 10.8. The predicted molar refractivity (Wildman–Crippen MR) is 191 cm³/mol. The van der Waals surface area contributed by atoms with Crippen molar-refractivity contribution in [2.75, 3.05) is 57.3 Å². The Morgan fingerprint density at radius 2 is 1.89 bits per heavy atom. The fourth-order valence-corrected chi connectivity index (χ4v) is 8.31. The number of benzene rings is 1. The smallest absolute Gasteiger partial charge is 0.282 e. The summed E-state index contributed by atoms with van der Waals surface area (Å²) in [5, 5.41) is 10.4. The van der Waals surface area contributed by atoms with Gasteiger partial charge in [0.25, 0.3) is 5.88 Å². The van der Waals surface area contributed by atoms with Crippen molar-refractivity contribution in [2.24, 2.45) is 5.41 Å². The van der Waals surface area contributed by atoms with Crippen LogP contribution in [0.15, 0.2) is 36.8 Å². The number of nitrogens with one attached hydrogen (secondary N) is 1. The lowest BCUT2D eigenvalue weighted by Gasteiger charge is -2.58. The van der Waals surface area contributed by atoms with E-state index in [0.29, 0.717) is 12.2 Å². The molecule has 6 heterocycles. The quantitative estimate of drug-likeness (QED) is 0.244. The number of ether oxygens (including phenoxy) is 3. The van der Waals surface area contributed by atoms with Crippen LogP contribution in [0.1, 0.15) is 62.8 Å². The summed E-state index contributed by atoms with van der Waals surface area (Å²) in [5.41, 5.74) is 2.71. The first-order valence-corrected chi connectivity index (χ1v) is 18.7. The highest BCUT2D eigenvalue weighted by Crippen LogP contribution is 2.52. The molecule has 0 radical (unpaired) electrons. The van der Waals surface area contributed by atoms with E-state index in [1.54, 1.807) is 0 Å². The normalized spacial score (nSPS) is 20.3. The molecular weight excluding hydrogens is 689 g/mol. The molecule has 5 aliphatic rings. The van der Waals surface area contributed by atoms with Gasteiger partial charge in [0.15, 0.2) is 5.82 Å². The second-order valence-electron chi connectivity index (χ2n) is 15.4. The molecule has 15 heteroatoms. The zero-order valence-electron chi connectivity index (χ0n) is 30.5. The summed E-state index contributed by atoms with van der Waals surface area (Å²) in [6.07, 6.45) is 7.13. The van der Waals surface area contributed by atoms with Gasteiger partial charge in [-0.1, -0.05) is 0 Å². The number of carbonyl (C=O) groups excluding carboxylic acids is 1. The minimum Gasteiger partial charge on any atom is -0.490 e. The fourth-order valence-electron chi connectivity index (χ4n) is 8.31. The standard InChI is InChI=1S/C34H40F3N7O3.C4H9NO/c35-24-3-4-28(23(13-24)14-30(36)37)47-32-31(39-22-40-41-32)44-18-33(19-44)15-25(16-33)46-29-5-8-38-27-6-11-42(17-26(27)29)9-2-10-43-20-34(21-43)7-1-12-45-34;1-4(2)5-3-6/h3-5,8,13,22,25,30H,1-2,6-7,9-12,14-21H2;3-4H,1-2H3,(H,5,6). The number of hydrogen-bond donors (Lipinski definition) is 1. The van der Waals surface area contributed by atoms with E-state index in [-0.39, 0.29) is 40.4 Å². The fraction of sp³-hybridized carbons (Fsp3) is 0.605. The monoisotopic (exact) mass is 738 g/mol. The van der Waals surface area contributed by atoms with Crippen molar-refractivity contribution in [3.63, 3.8) is 0 Å². The largest absolute Gasteiger partial charge is 0.490 e. The molecule has 1 aromatic carbocycles. The average molecular weight is 739 g/mol. The maximum Gasteiger partial charge on any atom is 0.282 e. The lowest BCUT2D eigenvalue weighted by Crippen LogP contribution is -2.65. The van der Waals surface area contributed by atoms with E-state index >= 15 is 0 Å².